The van der Waals surface area contributed by atoms with E-state index in [9.17, 15) is 9.18 Å². The largest absolute Gasteiger partial charge is 0.359 e. The average molecular weight is 288 g/mol. The molecular weight excluding hydrogens is 267 g/mol. The maximum absolute atomic E-state index is 14.0. The molecule has 0 saturated heterocycles. The lowest BCUT2D eigenvalue weighted by Gasteiger charge is -2.26. The third kappa shape index (κ3) is 3.04. The molecular formula is C17H21FN2O. The van der Waals surface area contributed by atoms with Crippen molar-refractivity contribution in [2.24, 2.45) is 5.41 Å². The van der Waals surface area contributed by atoms with Crippen molar-refractivity contribution in [3.8, 4) is 0 Å². The van der Waals surface area contributed by atoms with Crippen molar-refractivity contribution in [1.82, 2.24) is 4.98 Å². The van der Waals surface area contributed by atoms with Gasteiger partial charge in [-0.3, -0.25) is 4.79 Å². The van der Waals surface area contributed by atoms with Gasteiger partial charge in [0.05, 0.1) is 5.52 Å². The van der Waals surface area contributed by atoms with Gasteiger partial charge in [0, 0.05) is 22.6 Å². The highest BCUT2D eigenvalue weighted by molar-refractivity contribution is 6.03. The van der Waals surface area contributed by atoms with Gasteiger partial charge in [0.2, 0.25) is 0 Å². The lowest BCUT2D eigenvalue weighted by Crippen LogP contribution is -2.28. The van der Waals surface area contributed by atoms with Gasteiger partial charge in [-0.15, -0.1) is 0 Å². The van der Waals surface area contributed by atoms with Crippen LogP contribution in [0.5, 0.6) is 0 Å². The first-order chi connectivity index (χ1) is 10.0. The van der Waals surface area contributed by atoms with Crippen LogP contribution in [-0.2, 0) is 0 Å². The van der Waals surface area contributed by atoms with Crippen molar-refractivity contribution < 1.29 is 9.18 Å². The number of hydrogen-bond donors (Lipinski definition) is 2. The quantitative estimate of drug-likeness (QED) is 0.562. The molecule has 1 heterocycles. The summed E-state index contributed by atoms with van der Waals surface area (Å²) in [5.74, 6) is -0.491. The number of halogens is 1. The molecule has 0 amide bonds. The van der Waals surface area contributed by atoms with Crippen molar-refractivity contribution in [3.63, 3.8) is 0 Å². The summed E-state index contributed by atoms with van der Waals surface area (Å²) in [6.45, 7) is 3.94. The summed E-state index contributed by atoms with van der Waals surface area (Å²) < 4.78 is 14.0. The van der Waals surface area contributed by atoms with Crippen molar-refractivity contribution in [3.05, 3.63) is 35.8 Å². The Kier molecular flexibility index (Phi) is 4.56. The molecule has 0 aliphatic carbocycles. The standard InChI is InChI=1S/C17H21FN2O/c1-3-4-6-17(2,7-8-19)16(21)13-10-12-5-9-20-15(12)14(18)11-13/h5,8-11,19-20H,3-4,6-7H2,1-2H3/t17-/m0/s1. The number of unbranched alkanes of at least 4 members (excludes halogenated alkanes) is 1. The lowest BCUT2D eigenvalue weighted by atomic mass is 9.75. The summed E-state index contributed by atoms with van der Waals surface area (Å²) in [6, 6.07) is 4.79. The van der Waals surface area contributed by atoms with Crippen LogP contribution in [0.1, 0.15) is 49.9 Å². The van der Waals surface area contributed by atoms with Crippen molar-refractivity contribution >= 4 is 22.9 Å². The molecule has 2 rings (SSSR count). The Morgan fingerprint density at radius 2 is 2.24 bits per heavy atom. The number of nitrogens with one attached hydrogen (secondary N) is 2. The highest BCUT2D eigenvalue weighted by Crippen LogP contribution is 2.33. The Balaban J connectivity index is 2.40. The molecule has 112 valence electrons. The number of fused-ring (bicyclic) bond motifs is 1. The van der Waals surface area contributed by atoms with Gasteiger partial charge in [0.15, 0.2) is 5.78 Å². The van der Waals surface area contributed by atoms with Gasteiger partial charge in [-0.25, -0.2) is 4.39 Å². The number of carbonyl (C=O) groups excluding carboxylic acids is 1. The van der Waals surface area contributed by atoms with Gasteiger partial charge < -0.3 is 10.4 Å². The smallest absolute Gasteiger partial charge is 0.169 e. The Labute approximate surface area is 124 Å². The van der Waals surface area contributed by atoms with Crippen LogP contribution in [0.15, 0.2) is 24.4 Å². The molecule has 3 nitrogen and oxygen atoms in total. The van der Waals surface area contributed by atoms with E-state index in [4.69, 9.17) is 5.41 Å². The molecule has 0 bridgehead atoms. The van der Waals surface area contributed by atoms with Crippen LogP contribution in [0.2, 0.25) is 0 Å². The van der Waals surface area contributed by atoms with Crippen LogP contribution < -0.4 is 0 Å². The van der Waals surface area contributed by atoms with E-state index in [0.29, 0.717) is 29.3 Å². The van der Waals surface area contributed by atoms with E-state index < -0.39 is 11.2 Å². The van der Waals surface area contributed by atoms with E-state index in [1.165, 1.54) is 12.3 Å². The SMILES string of the molecule is CCCC[C@@](C)(CC=N)C(=O)c1cc(F)c2[nH]ccc2c1. The topological polar surface area (TPSA) is 56.7 Å². The van der Waals surface area contributed by atoms with Crippen molar-refractivity contribution in [2.45, 2.75) is 39.5 Å². The molecule has 1 aromatic heterocycles. The first-order valence-corrected chi connectivity index (χ1v) is 7.32. The fourth-order valence-electron chi connectivity index (χ4n) is 2.71. The van der Waals surface area contributed by atoms with E-state index in [2.05, 4.69) is 11.9 Å². The molecule has 0 fully saturated rings. The number of carbonyl (C=O) groups is 1. The number of aromatic amines is 1. The molecule has 1 aromatic carbocycles. The van der Waals surface area contributed by atoms with Gasteiger partial charge in [-0.05, 0) is 37.3 Å². The Bertz CT molecular complexity index is 662. The lowest BCUT2D eigenvalue weighted by molar-refractivity contribution is 0.0808. The summed E-state index contributed by atoms with van der Waals surface area (Å²) in [6.07, 6.45) is 5.95. The van der Waals surface area contributed by atoms with Gasteiger partial charge in [0.1, 0.15) is 5.82 Å². The van der Waals surface area contributed by atoms with Gasteiger partial charge in [-0.1, -0.05) is 26.7 Å². The second kappa shape index (κ2) is 6.20. The zero-order chi connectivity index (χ0) is 15.5. The molecule has 0 aliphatic rings. The minimum atomic E-state index is -0.631. The third-order valence-electron chi connectivity index (χ3n) is 4.06. The molecule has 0 saturated carbocycles. The number of H-pyrrole nitrogens is 1. The molecule has 0 radical (unpaired) electrons. The van der Waals surface area contributed by atoms with E-state index in [0.717, 1.165) is 12.8 Å². The maximum atomic E-state index is 14.0. The van der Waals surface area contributed by atoms with Crippen LogP contribution in [0.4, 0.5) is 4.39 Å². The minimum Gasteiger partial charge on any atom is -0.359 e. The van der Waals surface area contributed by atoms with Crippen LogP contribution in [-0.4, -0.2) is 17.0 Å². The first-order valence-electron chi connectivity index (χ1n) is 7.32. The Hall–Kier alpha value is -1.97. The summed E-state index contributed by atoms with van der Waals surface area (Å²) in [5.41, 5.74) is 0.183. The molecule has 0 unspecified atom stereocenters. The van der Waals surface area contributed by atoms with Gasteiger partial charge >= 0.3 is 0 Å². The average Bonchev–Trinajstić information content (AvgIpc) is 2.93. The van der Waals surface area contributed by atoms with E-state index in [1.807, 2.05) is 6.92 Å². The molecule has 0 spiro atoms. The highest BCUT2D eigenvalue weighted by Gasteiger charge is 2.32. The van der Waals surface area contributed by atoms with Crippen LogP contribution in [0.3, 0.4) is 0 Å². The second-order valence-corrected chi connectivity index (χ2v) is 5.80. The minimum absolute atomic E-state index is 0.0820. The van der Waals surface area contributed by atoms with Gasteiger partial charge in [-0.2, -0.15) is 0 Å². The van der Waals surface area contributed by atoms with Crippen LogP contribution in [0.25, 0.3) is 10.9 Å². The number of hydrogen-bond acceptors (Lipinski definition) is 2. The number of benzene rings is 1. The second-order valence-electron chi connectivity index (χ2n) is 5.80. The molecule has 2 aromatic rings. The number of Topliss-reactive ketones (excluding diaryl/α,β-unsaturated/α-hetero) is 1. The fourth-order valence-corrected chi connectivity index (χ4v) is 2.71. The zero-order valence-electron chi connectivity index (χ0n) is 12.5. The van der Waals surface area contributed by atoms with Crippen LogP contribution >= 0.6 is 0 Å². The molecule has 2 N–H and O–H groups in total. The zero-order valence-corrected chi connectivity index (χ0v) is 12.5. The predicted molar refractivity (Wildman–Crippen MR) is 83.6 cm³/mol. The normalized spacial score (nSPS) is 14.0. The summed E-state index contributed by atoms with van der Waals surface area (Å²) >= 11 is 0. The van der Waals surface area contributed by atoms with E-state index >= 15 is 0 Å². The number of aromatic nitrogens is 1. The van der Waals surface area contributed by atoms with Crippen molar-refractivity contribution in [2.75, 3.05) is 0 Å². The highest BCUT2D eigenvalue weighted by atomic mass is 19.1. The van der Waals surface area contributed by atoms with Gasteiger partial charge in [0.25, 0.3) is 0 Å². The van der Waals surface area contributed by atoms with E-state index in [1.54, 1.807) is 18.3 Å². The van der Waals surface area contributed by atoms with Crippen molar-refractivity contribution in [1.29, 1.82) is 5.41 Å². The fraction of sp³-hybridized carbons (Fsp3) is 0.412. The maximum Gasteiger partial charge on any atom is 0.169 e. The molecule has 4 heteroatoms. The number of ketones is 1. The molecule has 0 aliphatic heterocycles. The third-order valence-corrected chi connectivity index (χ3v) is 4.06. The van der Waals surface area contributed by atoms with E-state index in [-0.39, 0.29) is 5.78 Å². The molecule has 1 atom stereocenters. The predicted octanol–water partition coefficient (Wildman–Crippen LogP) is 4.73. The summed E-state index contributed by atoms with van der Waals surface area (Å²) in [5, 5.41) is 8.04. The monoisotopic (exact) mass is 288 g/mol. The Morgan fingerprint density at radius 1 is 1.48 bits per heavy atom. The first kappa shape index (κ1) is 15.4. The van der Waals surface area contributed by atoms with Crippen LogP contribution in [0, 0.1) is 16.6 Å². The molecule has 21 heavy (non-hydrogen) atoms. The summed E-state index contributed by atoms with van der Waals surface area (Å²) in [4.78, 5) is 15.6. The Morgan fingerprint density at radius 3 is 2.90 bits per heavy atom. The summed E-state index contributed by atoms with van der Waals surface area (Å²) in [7, 11) is 0. The number of rotatable bonds is 7.